The monoisotopic (exact) mass is 420 g/mol. The normalized spacial score (nSPS) is 11.5. The highest BCUT2D eigenvalue weighted by Crippen LogP contribution is 2.34. The Kier molecular flexibility index (Phi) is 5.45. The minimum Gasteiger partial charge on any atom is -0.504 e. The van der Waals surface area contributed by atoms with Crippen LogP contribution in [0.15, 0.2) is 77.1 Å². The summed E-state index contributed by atoms with van der Waals surface area (Å²) in [6, 6.07) is 19.9. The largest absolute Gasteiger partial charge is 0.504 e. The molecule has 4 rings (SSSR count). The van der Waals surface area contributed by atoms with Gasteiger partial charge in [-0.2, -0.15) is 0 Å². The highest BCUT2D eigenvalue weighted by molar-refractivity contribution is 7.07. The molecular weight excluding hydrogens is 400 g/mol. The molecule has 4 aromatic rings. The first-order valence-corrected chi connectivity index (χ1v) is 10.0. The molecule has 0 spiro atoms. The topological polar surface area (TPSA) is 76.2 Å². The molecule has 0 saturated carbocycles. The van der Waals surface area contributed by atoms with Gasteiger partial charge in [0.25, 0.3) is 0 Å². The van der Waals surface area contributed by atoms with Crippen molar-refractivity contribution in [1.82, 2.24) is 4.57 Å². The third-order valence-electron chi connectivity index (χ3n) is 4.61. The van der Waals surface area contributed by atoms with Gasteiger partial charge in [-0.3, -0.25) is 4.57 Å². The molecule has 7 heteroatoms. The zero-order chi connectivity index (χ0) is 21.1. The lowest BCUT2D eigenvalue weighted by molar-refractivity contribution is 0.404. The van der Waals surface area contributed by atoms with Crippen LogP contribution in [0.3, 0.4) is 0 Å². The van der Waals surface area contributed by atoms with Crippen molar-refractivity contribution in [3.8, 4) is 39.9 Å². The Morgan fingerprint density at radius 1 is 0.833 bits per heavy atom. The van der Waals surface area contributed by atoms with Crippen molar-refractivity contribution in [3.63, 3.8) is 0 Å². The summed E-state index contributed by atoms with van der Waals surface area (Å²) in [6.07, 6.45) is 0. The predicted octanol–water partition coefficient (Wildman–Crippen LogP) is 4.87. The van der Waals surface area contributed by atoms with Gasteiger partial charge in [0.05, 0.1) is 25.6 Å². The third-order valence-corrected chi connectivity index (χ3v) is 5.43. The number of para-hydroxylation sites is 4. The molecule has 0 fully saturated rings. The number of nitrogens with zero attached hydrogens (tertiary/aromatic N) is 2. The molecule has 0 aliphatic heterocycles. The number of ether oxygens (including phenoxy) is 2. The van der Waals surface area contributed by atoms with Gasteiger partial charge < -0.3 is 19.7 Å². The maximum Gasteiger partial charge on any atom is 0.195 e. The van der Waals surface area contributed by atoms with E-state index in [1.807, 2.05) is 58.5 Å². The van der Waals surface area contributed by atoms with E-state index in [1.54, 1.807) is 20.3 Å². The number of rotatable bonds is 5. The summed E-state index contributed by atoms with van der Waals surface area (Å²) in [5, 5.41) is 21.7. The van der Waals surface area contributed by atoms with Crippen molar-refractivity contribution in [2.75, 3.05) is 14.2 Å². The summed E-state index contributed by atoms with van der Waals surface area (Å²) in [4.78, 5) is 5.54. The fourth-order valence-corrected chi connectivity index (χ4v) is 4.06. The molecule has 6 nitrogen and oxygen atoms in total. The second-order valence-electron chi connectivity index (χ2n) is 6.40. The summed E-state index contributed by atoms with van der Waals surface area (Å²) in [6.45, 7) is 0. The average Bonchev–Trinajstić information content (AvgIpc) is 3.19. The first-order chi connectivity index (χ1) is 14.6. The first-order valence-electron chi connectivity index (χ1n) is 9.16. The number of aromatic hydroxyl groups is 2. The molecule has 0 aliphatic rings. The summed E-state index contributed by atoms with van der Waals surface area (Å²) in [5.41, 5.74) is 3.03. The first kappa shape index (κ1) is 19.6. The molecule has 0 atom stereocenters. The second-order valence-corrected chi connectivity index (χ2v) is 7.23. The summed E-state index contributed by atoms with van der Waals surface area (Å²) in [7, 11) is 3.23. The van der Waals surface area contributed by atoms with Gasteiger partial charge in [-0.05, 0) is 42.5 Å². The molecule has 0 amide bonds. The number of phenols is 2. The minimum atomic E-state index is -0.187. The van der Waals surface area contributed by atoms with Gasteiger partial charge in [-0.15, -0.1) is 11.3 Å². The van der Waals surface area contributed by atoms with Gasteiger partial charge >= 0.3 is 0 Å². The molecule has 0 radical (unpaired) electrons. The molecule has 3 aromatic carbocycles. The highest BCUT2D eigenvalue weighted by Gasteiger charge is 2.15. The molecule has 152 valence electrons. The van der Waals surface area contributed by atoms with Crippen LogP contribution in [0.1, 0.15) is 0 Å². The van der Waals surface area contributed by atoms with Gasteiger partial charge in [-0.25, -0.2) is 4.99 Å². The van der Waals surface area contributed by atoms with E-state index in [-0.39, 0.29) is 11.5 Å². The number of methoxy groups -OCH3 is 2. The number of phenolic OH excluding ortho intramolecular Hbond substituents is 2. The lowest BCUT2D eigenvalue weighted by atomic mass is 10.1. The van der Waals surface area contributed by atoms with Crippen LogP contribution >= 0.6 is 11.3 Å². The Bertz CT molecular complexity index is 1260. The third kappa shape index (κ3) is 3.62. The Morgan fingerprint density at radius 2 is 1.53 bits per heavy atom. The molecule has 30 heavy (non-hydrogen) atoms. The van der Waals surface area contributed by atoms with E-state index in [0.29, 0.717) is 22.0 Å². The van der Waals surface area contributed by atoms with E-state index in [1.165, 1.54) is 23.5 Å². The zero-order valence-electron chi connectivity index (χ0n) is 16.4. The average molecular weight is 420 g/mol. The lowest BCUT2D eigenvalue weighted by Gasteiger charge is -2.13. The van der Waals surface area contributed by atoms with Crippen LogP contribution < -0.4 is 14.3 Å². The fourth-order valence-electron chi connectivity index (χ4n) is 3.15. The summed E-state index contributed by atoms with van der Waals surface area (Å²) >= 11 is 1.45. The number of benzene rings is 3. The number of hydrogen-bond acceptors (Lipinski definition) is 6. The van der Waals surface area contributed by atoms with Crippen molar-refractivity contribution in [1.29, 1.82) is 0 Å². The van der Waals surface area contributed by atoms with Crippen LogP contribution in [0, 0.1) is 0 Å². The second kappa shape index (κ2) is 8.34. The van der Waals surface area contributed by atoms with E-state index in [2.05, 4.69) is 0 Å². The highest BCUT2D eigenvalue weighted by atomic mass is 32.1. The van der Waals surface area contributed by atoms with Crippen LogP contribution in [-0.4, -0.2) is 29.0 Å². The van der Waals surface area contributed by atoms with Gasteiger partial charge in [0.1, 0.15) is 17.2 Å². The Labute approximate surface area is 177 Å². The number of aromatic nitrogens is 1. The quantitative estimate of drug-likeness (QED) is 0.452. The van der Waals surface area contributed by atoms with Crippen molar-refractivity contribution in [2.24, 2.45) is 4.99 Å². The van der Waals surface area contributed by atoms with E-state index in [4.69, 9.17) is 14.5 Å². The molecule has 0 aliphatic carbocycles. The Hall–Kier alpha value is -3.71. The smallest absolute Gasteiger partial charge is 0.195 e. The SMILES string of the molecule is COc1ccccc1N=c1scc(-c2ccc(O)c(O)c2)n1-c1ccccc1OC. The van der Waals surface area contributed by atoms with E-state index >= 15 is 0 Å². The van der Waals surface area contributed by atoms with E-state index in [0.717, 1.165) is 16.9 Å². The summed E-state index contributed by atoms with van der Waals surface area (Å²) < 4.78 is 13.0. The maximum atomic E-state index is 10.0. The maximum absolute atomic E-state index is 10.0. The van der Waals surface area contributed by atoms with Crippen LogP contribution in [0.2, 0.25) is 0 Å². The van der Waals surface area contributed by atoms with Crippen LogP contribution in [0.5, 0.6) is 23.0 Å². The van der Waals surface area contributed by atoms with E-state index in [9.17, 15) is 10.2 Å². The summed E-state index contributed by atoms with van der Waals surface area (Å²) in [5.74, 6) is 0.994. The molecule has 0 saturated heterocycles. The zero-order valence-corrected chi connectivity index (χ0v) is 17.3. The molecule has 1 heterocycles. The standard InChI is InChI=1S/C23H20N2O4S/c1-28-21-9-5-3-7-16(21)24-23-25(17-8-4-6-10-22(17)29-2)18(14-30-23)15-11-12-19(26)20(27)13-15/h3-14,26-27H,1-2H3. The van der Waals surface area contributed by atoms with Gasteiger partial charge in [0.2, 0.25) is 0 Å². The predicted molar refractivity (Wildman–Crippen MR) is 117 cm³/mol. The fraction of sp³-hybridized carbons (Fsp3) is 0.0870. The molecule has 0 unspecified atom stereocenters. The lowest BCUT2D eigenvalue weighted by Crippen LogP contribution is -2.14. The van der Waals surface area contributed by atoms with Crippen LogP contribution in [0.4, 0.5) is 5.69 Å². The number of hydrogen-bond donors (Lipinski definition) is 2. The van der Waals surface area contributed by atoms with Crippen molar-refractivity contribution >= 4 is 17.0 Å². The minimum absolute atomic E-state index is 0.170. The molecule has 2 N–H and O–H groups in total. The van der Waals surface area contributed by atoms with Crippen LogP contribution in [0.25, 0.3) is 16.9 Å². The van der Waals surface area contributed by atoms with Crippen LogP contribution in [-0.2, 0) is 0 Å². The Morgan fingerprint density at radius 3 is 2.27 bits per heavy atom. The van der Waals surface area contributed by atoms with Crippen molar-refractivity contribution in [2.45, 2.75) is 0 Å². The van der Waals surface area contributed by atoms with Gasteiger partial charge in [0, 0.05) is 10.9 Å². The van der Waals surface area contributed by atoms with Gasteiger partial charge in [-0.1, -0.05) is 24.3 Å². The van der Waals surface area contributed by atoms with Crippen molar-refractivity contribution < 1.29 is 19.7 Å². The Balaban J connectivity index is 2.01. The van der Waals surface area contributed by atoms with Crippen molar-refractivity contribution in [3.05, 3.63) is 76.9 Å². The number of thiazole rings is 1. The molecule has 1 aromatic heterocycles. The molecule has 0 bridgehead atoms. The molecular formula is C23H20N2O4S. The van der Waals surface area contributed by atoms with E-state index < -0.39 is 0 Å². The van der Waals surface area contributed by atoms with Gasteiger partial charge in [0.15, 0.2) is 16.3 Å².